The number of carbonyl (C=O) groups is 2. The van der Waals surface area contributed by atoms with E-state index in [9.17, 15) is 14.7 Å². The predicted octanol–water partition coefficient (Wildman–Crippen LogP) is 4.25. The van der Waals surface area contributed by atoms with E-state index >= 15 is 0 Å². The fourth-order valence-corrected chi connectivity index (χ4v) is 5.94. The Balaban J connectivity index is 1.96. The van der Waals surface area contributed by atoms with Crippen molar-refractivity contribution in [2.75, 3.05) is 46.6 Å². The smallest absolute Gasteiger partial charge is 0.308 e. The average Bonchev–Trinajstić information content (AvgIpc) is 3.50. The number of likely N-dealkylation sites (tertiary alicyclic amines) is 1. The lowest BCUT2D eigenvalue weighted by Gasteiger charge is -2.34. The first-order valence-electron chi connectivity index (χ1n) is 14.2. The van der Waals surface area contributed by atoms with Gasteiger partial charge in [0.1, 0.15) is 0 Å². The van der Waals surface area contributed by atoms with Crippen LogP contribution >= 0.6 is 0 Å². The van der Waals surface area contributed by atoms with Crippen LogP contribution in [0.3, 0.4) is 0 Å². The molecule has 2 aliphatic rings. The minimum Gasteiger partial charge on any atom is -0.493 e. The molecule has 0 spiro atoms. The number of carbonyl (C=O) groups excluding carboxylic acids is 1. The van der Waals surface area contributed by atoms with Gasteiger partial charge in [0.05, 0.1) is 19.6 Å². The number of methoxy groups -OCH3 is 1. The first kappa shape index (κ1) is 30.8. The zero-order valence-corrected chi connectivity index (χ0v) is 24.3. The van der Waals surface area contributed by atoms with Crippen LogP contribution in [-0.2, 0) is 9.59 Å². The van der Waals surface area contributed by atoms with E-state index in [2.05, 4.69) is 31.7 Å². The Morgan fingerprint density at radius 1 is 1.23 bits per heavy atom. The van der Waals surface area contributed by atoms with Gasteiger partial charge < -0.3 is 30.0 Å². The van der Waals surface area contributed by atoms with Gasteiger partial charge in [0.2, 0.25) is 18.4 Å². The minimum absolute atomic E-state index is 0.0439. The molecule has 3 rings (SSSR count). The van der Waals surface area contributed by atoms with Crippen LogP contribution in [0.4, 0.5) is 0 Å². The van der Waals surface area contributed by atoms with E-state index in [4.69, 9.17) is 19.9 Å². The van der Waals surface area contributed by atoms with Gasteiger partial charge in [-0.1, -0.05) is 39.3 Å². The number of rotatable bonds is 15. The summed E-state index contributed by atoms with van der Waals surface area (Å²) in [5, 5.41) is 10.5. The Labute approximate surface area is 233 Å². The fourth-order valence-electron chi connectivity index (χ4n) is 5.94. The van der Waals surface area contributed by atoms with Gasteiger partial charge in [-0.05, 0) is 62.3 Å². The molecule has 1 aromatic carbocycles. The van der Waals surface area contributed by atoms with Gasteiger partial charge >= 0.3 is 5.97 Å². The molecule has 1 unspecified atom stereocenters. The van der Waals surface area contributed by atoms with E-state index in [1.54, 1.807) is 7.11 Å². The first-order chi connectivity index (χ1) is 18.6. The fraction of sp³-hybridized carbons (Fsp3) is 0.667. The third kappa shape index (κ3) is 7.66. The molecule has 1 saturated heterocycles. The van der Waals surface area contributed by atoms with Crippen LogP contribution in [0.5, 0.6) is 17.2 Å². The monoisotopic (exact) mass is 545 g/mol. The maximum absolute atomic E-state index is 13.6. The molecule has 1 amide bonds. The maximum Gasteiger partial charge on any atom is 0.308 e. The minimum atomic E-state index is -0.862. The Bertz CT molecular complexity index is 1010. The van der Waals surface area contributed by atoms with E-state index in [1.165, 1.54) is 0 Å². The molecule has 2 heterocycles. The number of amides is 1. The Morgan fingerprint density at radius 3 is 2.62 bits per heavy atom. The van der Waals surface area contributed by atoms with Crippen LogP contribution in [0.1, 0.15) is 71.3 Å². The van der Waals surface area contributed by atoms with Gasteiger partial charge in [-0.25, -0.2) is 0 Å². The second-order valence-corrected chi connectivity index (χ2v) is 11.3. The summed E-state index contributed by atoms with van der Waals surface area (Å²) in [5.41, 5.74) is 6.28. The number of unbranched alkanes of at least 4 members (excludes halogenated alkanes) is 2. The number of aliphatic carboxylic acids is 1. The Hall–Kier alpha value is -2.78. The van der Waals surface area contributed by atoms with Crippen molar-refractivity contribution in [3.8, 4) is 17.2 Å². The highest BCUT2D eigenvalue weighted by Gasteiger charge is 2.49. The number of benzene rings is 1. The number of allylic oxidation sites excluding steroid dienone is 2. The molecule has 1 fully saturated rings. The molecule has 0 saturated carbocycles. The molecule has 9 nitrogen and oxygen atoms in total. The standard InChI is InChI=1S/C30H47N3O6/c1-6-8-13-32(14-10-9-12-31)26(34)19-33-18-22(21-15-24(37-5)28-25(16-21)38-20-39-28)27(29(35)36)23(33)17-30(3,4)11-7-2/h7,11,15-16,22-23,27H,6,8-10,12-14,17-20,31H2,1-5H3,(H,35,36)/t22-,23+,27?/m1/s1. The van der Waals surface area contributed by atoms with E-state index in [0.29, 0.717) is 49.8 Å². The molecule has 1 aromatic rings. The maximum atomic E-state index is 13.6. The number of carboxylic acid groups (broad SMARTS) is 1. The zero-order chi connectivity index (χ0) is 28.6. The summed E-state index contributed by atoms with van der Waals surface area (Å²) in [6.07, 6.45) is 8.40. The molecule has 218 valence electrons. The van der Waals surface area contributed by atoms with Crippen molar-refractivity contribution in [1.82, 2.24) is 9.80 Å². The lowest BCUT2D eigenvalue weighted by atomic mass is 9.77. The third-order valence-electron chi connectivity index (χ3n) is 7.85. The Morgan fingerprint density at radius 2 is 1.97 bits per heavy atom. The zero-order valence-electron chi connectivity index (χ0n) is 24.3. The largest absolute Gasteiger partial charge is 0.493 e. The SMILES string of the molecule is CC=CC(C)(C)C[C@H]1C(C(=O)O)[C@@H](c2cc(OC)c3c(c2)OCO3)CN1CC(=O)N(CCCC)CCCCN. The van der Waals surface area contributed by atoms with E-state index in [1.807, 2.05) is 30.0 Å². The number of hydrogen-bond acceptors (Lipinski definition) is 7. The van der Waals surface area contributed by atoms with Gasteiger partial charge in [0.25, 0.3) is 0 Å². The second-order valence-electron chi connectivity index (χ2n) is 11.3. The molecule has 0 bridgehead atoms. The van der Waals surface area contributed by atoms with Crippen LogP contribution in [0.25, 0.3) is 0 Å². The molecule has 0 aliphatic carbocycles. The van der Waals surface area contributed by atoms with Crippen molar-refractivity contribution in [3.05, 3.63) is 29.8 Å². The van der Waals surface area contributed by atoms with E-state index < -0.39 is 11.9 Å². The second kappa shape index (κ2) is 14.0. The molecule has 0 radical (unpaired) electrons. The third-order valence-corrected chi connectivity index (χ3v) is 7.85. The van der Waals surface area contributed by atoms with Crippen LogP contribution in [0.2, 0.25) is 0 Å². The quantitative estimate of drug-likeness (QED) is 0.248. The van der Waals surface area contributed by atoms with Gasteiger partial charge in [-0.15, -0.1) is 0 Å². The Kier molecular flexibility index (Phi) is 11.1. The van der Waals surface area contributed by atoms with Crippen molar-refractivity contribution in [2.24, 2.45) is 17.1 Å². The molecule has 39 heavy (non-hydrogen) atoms. The highest BCUT2D eigenvalue weighted by atomic mass is 16.7. The van der Waals surface area contributed by atoms with E-state index in [-0.39, 0.29) is 36.6 Å². The first-order valence-corrected chi connectivity index (χ1v) is 14.2. The topological polar surface area (TPSA) is 115 Å². The lowest BCUT2D eigenvalue weighted by molar-refractivity contribution is -0.144. The summed E-state index contributed by atoms with van der Waals surface area (Å²) >= 11 is 0. The van der Waals surface area contributed by atoms with Crippen LogP contribution < -0.4 is 19.9 Å². The number of carboxylic acids is 1. The number of fused-ring (bicyclic) bond motifs is 1. The van der Waals surface area contributed by atoms with Crippen molar-refractivity contribution >= 4 is 11.9 Å². The summed E-state index contributed by atoms with van der Waals surface area (Å²) in [5.74, 6) is -0.247. The molecular formula is C30H47N3O6. The molecule has 9 heteroatoms. The van der Waals surface area contributed by atoms with E-state index in [0.717, 1.165) is 31.2 Å². The predicted molar refractivity (Wildman–Crippen MR) is 151 cm³/mol. The summed E-state index contributed by atoms with van der Waals surface area (Å²) in [4.78, 5) is 30.5. The molecule has 3 atom stereocenters. The number of ether oxygens (including phenoxy) is 3. The van der Waals surface area contributed by atoms with Crippen molar-refractivity contribution in [3.63, 3.8) is 0 Å². The van der Waals surface area contributed by atoms with Gasteiger partial charge in [-0.2, -0.15) is 0 Å². The van der Waals surface area contributed by atoms with Crippen LogP contribution in [0, 0.1) is 11.3 Å². The summed E-state index contributed by atoms with van der Waals surface area (Å²) < 4.78 is 16.8. The average molecular weight is 546 g/mol. The summed E-state index contributed by atoms with van der Waals surface area (Å²) in [6, 6.07) is 3.40. The van der Waals surface area contributed by atoms with Crippen LogP contribution in [0.15, 0.2) is 24.3 Å². The number of nitrogens with zero attached hydrogens (tertiary/aromatic N) is 2. The lowest BCUT2D eigenvalue weighted by Crippen LogP contribution is -2.46. The normalized spacial score (nSPS) is 21.0. The summed E-state index contributed by atoms with van der Waals surface area (Å²) in [6.45, 7) is 11.0. The van der Waals surface area contributed by atoms with Gasteiger partial charge in [0.15, 0.2) is 11.5 Å². The molecule has 2 aliphatic heterocycles. The highest BCUT2D eigenvalue weighted by molar-refractivity contribution is 5.79. The van der Waals surface area contributed by atoms with Crippen molar-refractivity contribution in [1.29, 1.82) is 0 Å². The van der Waals surface area contributed by atoms with Crippen molar-refractivity contribution in [2.45, 2.75) is 71.8 Å². The highest BCUT2D eigenvalue weighted by Crippen LogP contribution is 2.48. The summed E-state index contributed by atoms with van der Waals surface area (Å²) in [7, 11) is 1.56. The number of nitrogens with two attached hydrogens (primary N) is 1. The molecular weight excluding hydrogens is 498 g/mol. The molecule has 3 N–H and O–H groups in total. The van der Waals surface area contributed by atoms with Gasteiger partial charge in [0, 0.05) is 31.6 Å². The van der Waals surface area contributed by atoms with Crippen molar-refractivity contribution < 1.29 is 28.9 Å². The van der Waals surface area contributed by atoms with Gasteiger partial charge in [-0.3, -0.25) is 14.5 Å². The molecule has 0 aromatic heterocycles. The van der Waals surface area contributed by atoms with Crippen LogP contribution in [-0.4, -0.2) is 79.5 Å². The number of hydrogen-bond donors (Lipinski definition) is 2.